The van der Waals surface area contributed by atoms with Gasteiger partial charge in [0.15, 0.2) is 0 Å². The Balaban J connectivity index is 3.02. The molecule has 3 nitrogen and oxygen atoms in total. The van der Waals surface area contributed by atoms with Gasteiger partial charge in [0.05, 0.1) is 18.0 Å². The average Bonchev–Trinajstić information content (AvgIpc) is 2.34. The molecule has 1 aromatic heterocycles. The lowest BCUT2D eigenvalue weighted by Gasteiger charge is -1.95. The molecule has 0 aliphatic carbocycles. The van der Waals surface area contributed by atoms with Gasteiger partial charge in [0.2, 0.25) is 0 Å². The highest BCUT2D eigenvalue weighted by Gasteiger charge is 1.93. The fourth-order valence-corrected chi connectivity index (χ4v) is 1.03. The number of rotatable bonds is 1. The first kappa shape index (κ1) is 7.03. The largest absolute Gasteiger partial charge is 0.220 e. The fraction of sp³-hybridized carbons (Fsp3) is 0.167. The third-order valence-corrected chi connectivity index (χ3v) is 1.85. The molecule has 1 rings (SSSR count). The molecule has 0 aromatic carbocycles. The van der Waals surface area contributed by atoms with Gasteiger partial charge in [-0.3, -0.25) is 0 Å². The van der Waals surface area contributed by atoms with Crippen LogP contribution in [0.1, 0.15) is 5.56 Å². The molecule has 0 saturated heterocycles. The van der Waals surface area contributed by atoms with Crippen LogP contribution in [0.2, 0.25) is 0 Å². The molecule has 4 heteroatoms. The molecule has 0 spiro atoms. The lowest BCUT2D eigenvalue weighted by molar-refractivity contribution is 1.01. The van der Waals surface area contributed by atoms with Crippen molar-refractivity contribution in [2.45, 2.75) is 0 Å². The standard InChI is InChI=1S/C6H7N3S/c1-10(2)9-5-6(3-7)4-8-9/h4-5H,1H2,2H3. The van der Waals surface area contributed by atoms with Crippen LogP contribution < -0.4 is 0 Å². The maximum absolute atomic E-state index is 8.41. The van der Waals surface area contributed by atoms with Crippen molar-refractivity contribution in [3.63, 3.8) is 0 Å². The summed E-state index contributed by atoms with van der Waals surface area (Å²) in [5.74, 6) is 3.78. The van der Waals surface area contributed by atoms with Crippen LogP contribution in [0, 0.1) is 11.3 Å². The van der Waals surface area contributed by atoms with Crippen molar-refractivity contribution in [3.8, 4) is 6.07 Å². The van der Waals surface area contributed by atoms with Crippen molar-refractivity contribution in [1.29, 1.82) is 5.26 Å². The molecule has 0 amide bonds. The number of hydrogen-bond acceptors (Lipinski definition) is 2. The van der Waals surface area contributed by atoms with Crippen LogP contribution in [-0.2, 0) is 0 Å². The number of nitriles is 1. The highest BCUT2D eigenvalue weighted by Crippen LogP contribution is 2.06. The van der Waals surface area contributed by atoms with Gasteiger partial charge in [-0.05, 0) is 6.26 Å². The van der Waals surface area contributed by atoms with Gasteiger partial charge in [-0.25, -0.2) is 4.09 Å². The van der Waals surface area contributed by atoms with E-state index in [0.29, 0.717) is 5.56 Å². The van der Waals surface area contributed by atoms with Gasteiger partial charge in [0, 0.05) is 0 Å². The summed E-state index contributed by atoms with van der Waals surface area (Å²) in [6.45, 7) is 0. The smallest absolute Gasteiger partial charge is 0.102 e. The van der Waals surface area contributed by atoms with E-state index in [0.717, 1.165) is 0 Å². The van der Waals surface area contributed by atoms with E-state index in [4.69, 9.17) is 5.26 Å². The summed E-state index contributed by atoms with van der Waals surface area (Å²) in [6.07, 6.45) is 5.17. The SMILES string of the molecule is C=S(C)n1cc(C#N)cn1. The van der Waals surface area contributed by atoms with Gasteiger partial charge in [0.25, 0.3) is 0 Å². The molecule has 0 bridgehead atoms. The van der Waals surface area contributed by atoms with Crippen LogP contribution >= 0.6 is 10.7 Å². The maximum Gasteiger partial charge on any atom is 0.102 e. The summed E-state index contributed by atoms with van der Waals surface area (Å²) in [4.78, 5) is 0. The van der Waals surface area contributed by atoms with Gasteiger partial charge >= 0.3 is 0 Å². The molecule has 10 heavy (non-hydrogen) atoms. The van der Waals surface area contributed by atoms with Crippen LogP contribution in [0.15, 0.2) is 12.4 Å². The van der Waals surface area contributed by atoms with Gasteiger partial charge in [-0.1, -0.05) is 16.5 Å². The molecule has 0 aliphatic rings. The molecule has 0 radical (unpaired) electrons. The summed E-state index contributed by atoms with van der Waals surface area (Å²) in [5.41, 5.74) is 0.586. The molecule has 0 aliphatic heterocycles. The maximum atomic E-state index is 8.41. The Morgan fingerprint density at radius 3 is 2.90 bits per heavy atom. The first-order valence-electron chi connectivity index (χ1n) is 2.65. The van der Waals surface area contributed by atoms with E-state index in [1.807, 2.05) is 12.3 Å². The zero-order valence-corrected chi connectivity index (χ0v) is 6.43. The molecule has 52 valence electrons. The topological polar surface area (TPSA) is 41.6 Å². The van der Waals surface area contributed by atoms with E-state index >= 15 is 0 Å². The van der Waals surface area contributed by atoms with Crippen LogP contribution in [-0.4, -0.2) is 21.3 Å². The molecule has 1 atom stereocenters. The van der Waals surface area contributed by atoms with Crippen LogP contribution in [0.4, 0.5) is 0 Å². The first-order chi connectivity index (χ1) is 4.74. The summed E-state index contributed by atoms with van der Waals surface area (Å²) >= 11 is 0. The highest BCUT2D eigenvalue weighted by atomic mass is 32.2. The average molecular weight is 153 g/mol. The van der Waals surface area contributed by atoms with E-state index in [1.54, 1.807) is 10.3 Å². The van der Waals surface area contributed by atoms with E-state index in [2.05, 4.69) is 11.0 Å². The van der Waals surface area contributed by atoms with Crippen molar-refractivity contribution in [2.75, 3.05) is 6.26 Å². The minimum atomic E-state index is -0.155. The molecule has 0 N–H and O–H groups in total. The minimum Gasteiger partial charge on any atom is -0.220 e. The Hall–Kier alpha value is -1.08. The summed E-state index contributed by atoms with van der Waals surface area (Å²) < 4.78 is 1.68. The second-order valence-electron chi connectivity index (χ2n) is 1.84. The number of aromatic nitrogens is 2. The number of hydrogen-bond donors (Lipinski definition) is 0. The van der Waals surface area contributed by atoms with E-state index in [-0.39, 0.29) is 10.7 Å². The Kier molecular flexibility index (Phi) is 1.88. The minimum absolute atomic E-state index is 0.155. The molecule has 1 aromatic rings. The van der Waals surface area contributed by atoms with Gasteiger partial charge in [0.1, 0.15) is 6.07 Å². The Bertz CT molecular complexity index is 294. The summed E-state index contributed by atoms with van der Waals surface area (Å²) in [7, 11) is -0.155. The third-order valence-electron chi connectivity index (χ3n) is 1.01. The fourth-order valence-electron chi connectivity index (χ4n) is 0.533. The quantitative estimate of drug-likeness (QED) is 0.561. The summed E-state index contributed by atoms with van der Waals surface area (Å²) in [6, 6.07) is 2.00. The Labute approximate surface area is 62.0 Å². The predicted octanol–water partition coefficient (Wildman–Crippen LogP) is 0.849. The Morgan fingerprint density at radius 1 is 1.90 bits per heavy atom. The van der Waals surface area contributed by atoms with Crippen molar-refractivity contribution >= 4 is 16.5 Å². The number of nitrogens with zero attached hydrogens (tertiary/aromatic N) is 3. The second kappa shape index (κ2) is 2.67. The molecule has 0 fully saturated rings. The van der Waals surface area contributed by atoms with E-state index < -0.39 is 0 Å². The van der Waals surface area contributed by atoms with Crippen molar-refractivity contribution < 1.29 is 0 Å². The molecule has 1 unspecified atom stereocenters. The van der Waals surface area contributed by atoms with Crippen molar-refractivity contribution in [1.82, 2.24) is 9.19 Å². The van der Waals surface area contributed by atoms with Gasteiger partial charge in [-0.2, -0.15) is 10.4 Å². The van der Waals surface area contributed by atoms with Crippen molar-refractivity contribution in [3.05, 3.63) is 18.0 Å². The molecule has 0 saturated carbocycles. The normalized spacial score (nSPS) is 12.4. The zero-order chi connectivity index (χ0) is 7.56. The lowest BCUT2D eigenvalue weighted by atomic mass is 10.4. The lowest BCUT2D eigenvalue weighted by Crippen LogP contribution is -1.86. The van der Waals surface area contributed by atoms with E-state index in [1.165, 1.54) is 6.20 Å². The summed E-state index contributed by atoms with van der Waals surface area (Å²) in [5, 5.41) is 12.3. The van der Waals surface area contributed by atoms with E-state index in [9.17, 15) is 0 Å². The van der Waals surface area contributed by atoms with Gasteiger partial charge < -0.3 is 0 Å². The zero-order valence-electron chi connectivity index (χ0n) is 5.61. The third kappa shape index (κ3) is 1.25. The first-order valence-corrected chi connectivity index (χ1v) is 4.41. The molecule has 1 heterocycles. The second-order valence-corrected chi connectivity index (χ2v) is 3.42. The monoisotopic (exact) mass is 153 g/mol. The molecular formula is C6H7N3S. The van der Waals surface area contributed by atoms with Crippen LogP contribution in [0.5, 0.6) is 0 Å². The highest BCUT2D eigenvalue weighted by molar-refractivity contribution is 8.12. The Morgan fingerprint density at radius 2 is 2.60 bits per heavy atom. The van der Waals surface area contributed by atoms with Crippen LogP contribution in [0.3, 0.4) is 0 Å². The van der Waals surface area contributed by atoms with Crippen LogP contribution in [0.25, 0.3) is 0 Å². The van der Waals surface area contributed by atoms with Gasteiger partial charge in [-0.15, -0.1) is 0 Å². The van der Waals surface area contributed by atoms with Crippen molar-refractivity contribution in [2.24, 2.45) is 0 Å². The molecular weight excluding hydrogens is 146 g/mol. The predicted molar refractivity (Wildman–Crippen MR) is 43.0 cm³/mol.